The van der Waals surface area contributed by atoms with Gasteiger partial charge in [0.25, 0.3) is 0 Å². The van der Waals surface area contributed by atoms with Crippen molar-refractivity contribution in [3.05, 3.63) is 53.0 Å². The third kappa shape index (κ3) is 3.58. The first-order valence-electron chi connectivity index (χ1n) is 7.22. The molecule has 0 saturated carbocycles. The van der Waals surface area contributed by atoms with Crippen LogP contribution in [0.2, 0.25) is 0 Å². The van der Waals surface area contributed by atoms with Gasteiger partial charge in [0.15, 0.2) is 0 Å². The highest BCUT2D eigenvalue weighted by Gasteiger charge is 2.18. The van der Waals surface area contributed by atoms with Gasteiger partial charge in [0.2, 0.25) is 5.91 Å². The van der Waals surface area contributed by atoms with Gasteiger partial charge in [0, 0.05) is 30.4 Å². The topological polar surface area (TPSA) is 42.0 Å². The molecule has 108 valence electrons. The first-order chi connectivity index (χ1) is 10.3. The van der Waals surface area contributed by atoms with Crippen molar-refractivity contribution in [2.75, 3.05) is 0 Å². The zero-order valence-corrected chi connectivity index (χ0v) is 12.6. The van der Waals surface area contributed by atoms with Crippen LogP contribution in [0.3, 0.4) is 0 Å². The minimum Gasteiger partial charge on any atom is -0.352 e. The zero-order valence-electron chi connectivity index (χ0n) is 11.8. The largest absolute Gasteiger partial charge is 0.352 e. The van der Waals surface area contributed by atoms with Gasteiger partial charge in [0.05, 0.1) is 0 Å². The van der Waals surface area contributed by atoms with Gasteiger partial charge < -0.3 is 5.32 Å². The third-order valence-corrected chi connectivity index (χ3v) is 4.44. The maximum atomic E-state index is 12.1. The number of nitrogens with one attached hydrogen (secondary N) is 1. The van der Waals surface area contributed by atoms with Crippen LogP contribution < -0.4 is 5.32 Å². The van der Waals surface area contributed by atoms with E-state index in [-0.39, 0.29) is 11.8 Å². The molecule has 3 nitrogen and oxygen atoms in total. The van der Waals surface area contributed by atoms with Crippen LogP contribution in [0.1, 0.15) is 24.8 Å². The van der Waals surface area contributed by atoms with Crippen LogP contribution >= 0.6 is 11.3 Å². The summed E-state index contributed by atoms with van der Waals surface area (Å²) in [5, 5.41) is 7.19. The van der Waals surface area contributed by atoms with E-state index in [1.165, 1.54) is 5.56 Å². The highest BCUT2D eigenvalue weighted by Crippen LogP contribution is 2.22. The fourth-order valence-electron chi connectivity index (χ4n) is 2.54. The number of amides is 1. The summed E-state index contributed by atoms with van der Waals surface area (Å²) < 4.78 is 0. The molecule has 1 atom stereocenters. The van der Waals surface area contributed by atoms with E-state index in [0.29, 0.717) is 6.54 Å². The number of carbonyl (C=O) groups is 1. The Balaban J connectivity index is 1.61. The number of aromatic nitrogens is 1. The molecule has 0 unspecified atom stereocenters. The highest BCUT2D eigenvalue weighted by atomic mass is 32.1. The maximum Gasteiger partial charge on any atom is 0.223 e. The Morgan fingerprint density at radius 3 is 3.05 bits per heavy atom. The van der Waals surface area contributed by atoms with Crippen LogP contribution in [0.5, 0.6) is 0 Å². The zero-order chi connectivity index (χ0) is 14.5. The molecule has 0 fully saturated rings. The predicted molar refractivity (Wildman–Crippen MR) is 85.9 cm³/mol. The number of carbonyl (C=O) groups excluding carboxylic acids is 1. The predicted octanol–water partition coefficient (Wildman–Crippen LogP) is 3.78. The van der Waals surface area contributed by atoms with Crippen molar-refractivity contribution in [1.82, 2.24) is 10.3 Å². The lowest BCUT2D eigenvalue weighted by atomic mass is 9.93. The van der Waals surface area contributed by atoms with Crippen LogP contribution in [0.25, 0.3) is 11.1 Å². The maximum absolute atomic E-state index is 12.1. The molecule has 1 aliphatic rings. The van der Waals surface area contributed by atoms with Crippen molar-refractivity contribution in [2.24, 2.45) is 5.92 Å². The molecule has 0 aromatic carbocycles. The average molecular weight is 298 g/mol. The number of thiophene rings is 1. The van der Waals surface area contributed by atoms with Gasteiger partial charge in [-0.1, -0.05) is 12.2 Å². The highest BCUT2D eigenvalue weighted by molar-refractivity contribution is 7.08. The summed E-state index contributed by atoms with van der Waals surface area (Å²) in [5.74, 6) is 0.281. The normalized spacial score (nSPS) is 17.6. The van der Waals surface area contributed by atoms with Crippen molar-refractivity contribution in [1.29, 1.82) is 0 Å². The number of hydrogen-bond acceptors (Lipinski definition) is 3. The first-order valence-corrected chi connectivity index (χ1v) is 8.16. The van der Waals surface area contributed by atoms with E-state index in [0.717, 1.165) is 30.4 Å². The van der Waals surface area contributed by atoms with Crippen molar-refractivity contribution >= 4 is 17.2 Å². The molecule has 0 aliphatic heterocycles. The van der Waals surface area contributed by atoms with Gasteiger partial charge in [-0.25, -0.2) is 0 Å². The standard InChI is InChI=1S/C17H18N2OS/c20-17(14-4-2-1-3-5-14)19-10-13-8-16(11-18-9-13)15-6-7-21-12-15/h1-2,6-9,11-12,14H,3-5,10H2,(H,19,20)/t14-/m0/s1. The second-order valence-corrected chi connectivity index (χ2v) is 6.07. The fourth-order valence-corrected chi connectivity index (χ4v) is 3.20. The van der Waals surface area contributed by atoms with Crippen LogP contribution in [0, 0.1) is 5.92 Å². The molecule has 2 aromatic rings. The second-order valence-electron chi connectivity index (χ2n) is 5.29. The Labute approximate surface area is 128 Å². The molecule has 0 spiro atoms. The monoisotopic (exact) mass is 298 g/mol. The summed E-state index contributed by atoms with van der Waals surface area (Å²) in [4.78, 5) is 16.4. The van der Waals surface area contributed by atoms with Crippen LogP contribution in [0.4, 0.5) is 0 Å². The van der Waals surface area contributed by atoms with Gasteiger partial charge in [-0.2, -0.15) is 11.3 Å². The van der Waals surface area contributed by atoms with Gasteiger partial charge in [0.1, 0.15) is 0 Å². The van der Waals surface area contributed by atoms with E-state index >= 15 is 0 Å². The molecule has 4 heteroatoms. The van der Waals surface area contributed by atoms with Gasteiger partial charge >= 0.3 is 0 Å². The average Bonchev–Trinajstić information content (AvgIpc) is 3.08. The molecule has 2 aromatic heterocycles. The van der Waals surface area contributed by atoms with E-state index < -0.39 is 0 Å². The summed E-state index contributed by atoms with van der Waals surface area (Å²) in [6.45, 7) is 0.546. The van der Waals surface area contributed by atoms with Gasteiger partial charge in [-0.15, -0.1) is 0 Å². The summed E-state index contributed by atoms with van der Waals surface area (Å²) >= 11 is 1.67. The lowest BCUT2D eigenvalue weighted by molar-refractivity contribution is -0.125. The van der Waals surface area contributed by atoms with Crippen molar-refractivity contribution in [3.8, 4) is 11.1 Å². The summed E-state index contributed by atoms with van der Waals surface area (Å²) in [6, 6.07) is 4.18. The molecule has 1 N–H and O–H groups in total. The molecular weight excluding hydrogens is 280 g/mol. The minimum absolute atomic E-state index is 0.128. The minimum atomic E-state index is 0.128. The molecular formula is C17H18N2OS. The van der Waals surface area contributed by atoms with E-state index in [1.54, 1.807) is 11.3 Å². The number of rotatable bonds is 4. The summed E-state index contributed by atoms with van der Waals surface area (Å²) in [6.07, 6.45) is 10.8. The fraction of sp³-hybridized carbons (Fsp3) is 0.294. The molecule has 1 amide bonds. The lowest BCUT2D eigenvalue weighted by Crippen LogP contribution is -2.30. The second kappa shape index (κ2) is 6.68. The van der Waals surface area contributed by atoms with Gasteiger partial charge in [-0.3, -0.25) is 9.78 Å². The molecule has 21 heavy (non-hydrogen) atoms. The number of nitrogens with zero attached hydrogens (tertiary/aromatic N) is 1. The number of hydrogen-bond donors (Lipinski definition) is 1. The van der Waals surface area contributed by atoms with Crippen LogP contribution in [0.15, 0.2) is 47.4 Å². The Hall–Kier alpha value is -1.94. The molecule has 3 rings (SSSR count). The van der Waals surface area contributed by atoms with E-state index in [2.05, 4.69) is 45.3 Å². The van der Waals surface area contributed by atoms with Crippen LogP contribution in [-0.4, -0.2) is 10.9 Å². The quantitative estimate of drug-likeness (QED) is 0.873. The van der Waals surface area contributed by atoms with Crippen molar-refractivity contribution in [2.45, 2.75) is 25.8 Å². The van der Waals surface area contributed by atoms with Crippen molar-refractivity contribution in [3.63, 3.8) is 0 Å². The molecule has 0 radical (unpaired) electrons. The third-order valence-electron chi connectivity index (χ3n) is 3.76. The van der Waals surface area contributed by atoms with Crippen LogP contribution in [-0.2, 0) is 11.3 Å². The lowest BCUT2D eigenvalue weighted by Gasteiger charge is -2.17. The molecule has 0 bridgehead atoms. The Bertz CT molecular complexity index is 634. The van der Waals surface area contributed by atoms with Gasteiger partial charge in [-0.05, 0) is 53.3 Å². The number of allylic oxidation sites excluding steroid dienone is 2. The Kier molecular flexibility index (Phi) is 4.46. The molecule has 0 saturated heterocycles. The molecule has 2 heterocycles. The van der Waals surface area contributed by atoms with E-state index in [9.17, 15) is 4.79 Å². The number of pyridine rings is 1. The summed E-state index contributed by atoms with van der Waals surface area (Å²) in [7, 11) is 0. The SMILES string of the molecule is O=C(NCc1cncc(-c2ccsc2)c1)[C@H]1CC=CCC1. The first kappa shape index (κ1) is 14.0. The van der Waals surface area contributed by atoms with Crippen molar-refractivity contribution < 1.29 is 4.79 Å². The molecule has 1 aliphatic carbocycles. The smallest absolute Gasteiger partial charge is 0.223 e. The van der Waals surface area contributed by atoms with E-state index in [1.807, 2.05) is 12.4 Å². The Morgan fingerprint density at radius 1 is 1.33 bits per heavy atom. The summed E-state index contributed by atoms with van der Waals surface area (Å²) in [5.41, 5.74) is 3.32. The van der Waals surface area contributed by atoms with E-state index in [4.69, 9.17) is 0 Å². The Morgan fingerprint density at radius 2 is 2.29 bits per heavy atom.